The third kappa shape index (κ3) is 2.16. The third-order valence-corrected chi connectivity index (χ3v) is 3.82. The van der Waals surface area contributed by atoms with Crippen molar-refractivity contribution >= 4 is 17.6 Å². The topological polar surface area (TPSA) is 64.9 Å². The molecule has 0 atom stereocenters. The molecule has 0 bridgehead atoms. The fourth-order valence-corrected chi connectivity index (χ4v) is 2.70. The average molecular weight is 283 g/mol. The molecular formula is C15H13N3OS. The van der Waals surface area contributed by atoms with Crippen molar-refractivity contribution in [2.45, 2.75) is 4.90 Å². The van der Waals surface area contributed by atoms with Gasteiger partial charge < -0.3 is 10.3 Å². The Bertz CT molecular complexity index is 725. The van der Waals surface area contributed by atoms with Crippen LogP contribution in [0, 0.1) is 0 Å². The van der Waals surface area contributed by atoms with Crippen LogP contribution in [-0.2, 0) is 0 Å². The van der Waals surface area contributed by atoms with E-state index in [-0.39, 0.29) is 0 Å². The molecule has 0 aliphatic heterocycles. The molecule has 0 amide bonds. The monoisotopic (exact) mass is 283 g/mol. The summed E-state index contributed by atoms with van der Waals surface area (Å²) in [5.74, 6) is 1.06. The molecule has 0 radical (unpaired) electrons. The molecule has 0 unspecified atom stereocenters. The Balaban J connectivity index is 2.22. The molecule has 3 aromatic rings. The van der Waals surface area contributed by atoms with Crippen LogP contribution in [-0.4, -0.2) is 16.4 Å². The number of nitrogen functional groups attached to an aromatic ring is 1. The molecule has 1 aromatic carbocycles. The van der Waals surface area contributed by atoms with Crippen molar-refractivity contribution < 1.29 is 4.52 Å². The zero-order valence-corrected chi connectivity index (χ0v) is 11.7. The Labute approximate surface area is 121 Å². The Kier molecular flexibility index (Phi) is 3.43. The number of thioether (sulfide) groups is 1. The lowest BCUT2D eigenvalue weighted by atomic mass is 10.0. The molecule has 3 rings (SSSR count). The number of hydrogen-bond donors (Lipinski definition) is 1. The minimum atomic E-state index is 0.379. The Morgan fingerprint density at radius 1 is 1.15 bits per heavy atom. The zero-order valence-electron chi connectivity index (χ0n) is 10.9. The van der Waals surface area contributed by atoms with Gasteiger partial charge in [0.2, 0.25) is 0 Å². The molecule has 5 heteroatoms. The second-order valence-electron chi connectivity index (χ2n) is 4.21. The summed E-state index contributed by atoms with van der Waals surface area (Å²) >= 11 is 1.66. The molecule has 0 spiro atoms. The van der Waals surface area contributed by atoms with Gasteiger partial charge in [-0.3, -0.25) is 4.98 Å². The van der Waals surface area contributed by atoms with Gasteiger partial charge >= 0.3 is 0 Å². The number of aromatic nitrogens is 2. The minimum absolute atomic E-state index is 0.379. The standard InChI is InChI=1S/C15H13N3OS/c1-20-12-7-3-2-6-11(12)14-13(15(16)18-19-14)10-5-4-8-17-9-10/h2-9H,1H3,(H2,16,18). The van der Waals surface area contributed by atoms with Crippen LogP contribution in [0.25, 0.3) is 22.5 Å². The first-order valence-electron chi connectivity index (χ1n) is 6.10. The van der Waals surface area contributed by atoms with Crippen molar-refractivity contribution in [3.8, 4) is 22.5 Å². The molecule has 0 saturated carbocycles. The van der Waals surface area contributed by atoms with E-state index in [0.29, 0.717) is 11.6 Å². The van der Waals surface area contributed by atoms with Crippen LogP contribution >= 0.6 is 11.8 Å². The average Bonchev–Trinajstić information content (AvgIpc) is 2.89. The molecule has 0 aliphatic carbocycles. The predicted octanol–water partition coefficient (Wildman–Crippen LogP) is 3.71. The van der Waals surface area contributed by atoms with Gasteiger partial charge in [-0.15, -0.1) is 11.8 Å². The van der Waals surface area contributed by atoms with Crippen molar-refractivity contribution in [3.05, 3.63) is 48.8 Å². The first kappa shape index (κ1) is 12.7. The van der Waals surface area contributed by atoms with E-state index in [1.165, 1.54) is 0 Å². The first-order valence-corrected chi connectivity index (χ1v) is 7.32. The minimum Gasteiger partial charge on any atom is -0.380 e. The second kappa shape index (κ2) is 5.38. The highest BCUT2D eigenvalue weighted by Gasteiger charge is 2.19. The number of benzene rings is 1. The molecule has 0 aliphatic rings. The lowest BCUT2D eigenvalue weighted by Crippen LogP contribution is -1.90. The maximum Gasteiger partial charge on any atom is 0.178 e. The molecule has 0 saturated heterocycles. The summed E-state index contributed by atoms with van der Waals surface area (Å²) in [5.41, 5.74) is 8.64. The predicted molar refractivity (Wildman–Crippen MR) is 81.4 cm³/mol. The van der Waals surface area contributed by atoms with Crippen LogP contribution in [0.1, 0.15) is 0 Å². The van der Waals surface area contributed by atoms with Gasteiger partial charge in [-0.05, 0) is 24.5 Å². The van der Waals surface area contributed by atoms with Gasteiger partial charge in [-0.1, -0.05) is 23.4 Å². The highest BCUT2D eigenvalue weighted by Crippen LogP contribution is 2.39. The fourth-order valence-electron chi connectivity index (χ4n) is 2.11. The highest BCUT2D eigenvalue weighted by atomic mass is 32.2. The number of rotatable bonds is 3. The third-order valence-electron chi connectivity index (χ3n) is 3.02. The van der Waals surface area contributed by atoms with Gasteiger partial charge in [0.15, 0.2) is 11.6 Å². The fraction of sp³-hybridized carbons (Fsp3) is 0.0667. The van der Waals surface area contributed by atoms with E-state index in [2.05, 4.69) is 10.1 Å². The van der Waals surface area contributed by atoms with Gasteiger partial charge in [0.05, 0.1) is 5.56 Å². The van der Waals surface area contributed by atoms with E-state index in [4.69, 9.17) is 10.3 Å². The van der Waals surface area contributed by atoms with E-state index in [0.717, 1.165) is 21.6 Å². The lowest BCUT2D eigenvalue weighted by Gasteiger charge is -2.06. The van der Waals surface area contributed by atoms with E-state index in [9.17, 15) is 0 Å². The summed E-state index contributed by atoms with van der Waals surface area (Å²) in [6, 6.07) is 11.8. The lowest BCUT2D eigenvalue weighted by molar-refractivity contribution is 0.435. The number of nitrogens with zero attached hydrogens (tertiary/aromatic N) is 2. The van der Waals surface area contributed by atoms with E-state index in [1.807, 2.05) is 42.7 Å². The maximum atomic E-state index is 5.96. The molecule has 2 heterocycles. The summed E-state index contributed by atoms with van der Waals surface area (Å²) < 4.78 is 5.46. The molecule has 4 nitrogen and oxygen atoms in total. The van der Waals surface area contributed by atoms with Crippen LogP contribution < -0.4 is 5.73 Å². The van der Waals surface area contributed by atoms with Crippen LogP contribution in [0.5, 0.6) is 0 Å². The summed E-state index contributed by atoms with van der Waals surface area (Å²) in [7, 11) is 0. The normalized spacial score (nSPS) is 10.7. The summed E-state index contributed by atoms with van der Waals surface area (Å²) in [6.07, 6.45) is 5.51. The van der Waals surface area contributed by atoms with Gasteiger partial charge in [0.1, 0.15) is 0 Å². The SMILES string of the molecule is CSc1ccccc1-c1onc(N)c1-c1cccnc1. The van der Waals surface area contributed by atoms with Gasteiger partial charge in [0, 0.05) is 28.4 Å². The summed E-state index contributed by atoms with van der Waals surface area (Å²) in [4.78, 5) is 5.25. The van der Waals surface area contributed by atoms with E-state index < -0.39 is 0 Å². The van der Waals surface area contributed by atoms with Crippen molar-refractivity contribution in [1.29, 1.82) is 0 Å². The highest BCUT2D eigenvalue weighted by molar-refractivity contribution is 7.98. The molecule has 100 valence electrons. The summed E-state index contributed by atoms with van der Waals surface area (Å²) in [5, 5.41) is 3.91. The Hall–Kier alpha value is -2.27. The summed E-state index contributed by atoms with van der Waals surface area (Å²) in [6.45, 7) is 0. The van der Waals surface area contributed by atoms with Crippen LogP contribution in [0.15, 0.2) is 58.2 Å². The maximum absolute atomic E-state index is 5.96. The molecule has 0 fully saturated rings. The zero-order chi connectivity index (χ0) is 13.9. The van der Waals surface area contributed by atoms with Crippen molar-refractivity contribution in [2.24, 2.45) is 0 Å². The Morgan fingerprint density at radius 3 is 2.75 bits per heavy atom. The van der Waals surface area contributed by atoms with Gasteiger partial charge in [-0.2, -0.15) is 0 Å². The van der Waals surface area contributed by atoms with Crippen molar-refractivity contribution in [3.63, 3.8) is 0 Å². The van der Waals surface area contributed by atoms with Crippen LogP contribution in [0.2, 0.25) is 0 Å². The number of anilines is 1. The van der Waals surface area contributed by atoms with Gasteiger partial charge in [-0.25, -0.2) is 0 Å². The number of pyridine rings is 1. The van der Waals surface area contributed by atoms with Crippen LogP contribution in [0.4, 0.5) is 5.82 Å². The first-order chi connectivity index (χ1) is 9.81. The molecule has 2 aromatic heterocycles. The Morgan fingerprint density at radius 2 is 2.00 bits per heavy atom. The van der Waals surface area contributed by atoms with Gasteiger partial charge in [0.25, 0.3) is 0 Å². The van der Waals surface area contributed by atoms with E-state index >= 15 is 0 Å². The number of nitrogens with two attached hydrogens (primary N) is 1. The molecule has 20 heavy (non-hydrogen) atoms. The van der Waals surface area contributed by atoms with Crippen LogP contribution in [0.3, 0.4) is 0 Å². The van der Waals surface area contributed by atoms with Crippen molar-refractivity contribution in [1.82, 2.24) is 10.1 Å². The largest absolute Gasteiger partial charge is 0.380 e. The second-order valence-corrected chi connectivity index (χ2v) is 5.06. The number of hydrogen-bond acceptors (Lipinski definition) is 5. The quantitative estimate of drug-likeness (QED) is 0.742. The smallest absolute Gasteiger partial charge is 0.178 e. The van der Waals surface area contributed by atoms with E-state index in [1.54, 1.807) is 24.2 Å². The molecule has 2 N–H and O–H groups in total. The van der Waals surface area contributed by atoms with Crippen molar-refractivity contribution in [2.75, 3.05) is 12.0 Å². The molecular weight excluding hydrogens is 270 g/mol.